The number of nitrogens with zero attached hydrogens (tertiary/aromatic N) is 2. The Morgan fingerprint density at radius 2 is 1.95 bits per heavy atom. The molecule has 1 amide bonds. The average Bonchev–Trinajstić information content (AvgIpc) is 2.48. The smallest absolute Gasteiger partial charge is 0.240 e. The fraction of sp³-hybridized carbons (Fsp3) is 0.438. The fourth-order valence-corrected chi connectivity index (χ4v) is 1.77. The summed E-state index contributed by atoms with van der Waals surface area (Å²) in [6, 6.07) is 9.07. The highest BCUT2D eigenvalue weighted by Crippen LogP contribution is 2.04. The SMILES string of the molecule is CCCCCCCC(=O)N/N=C/c1ccc(C#N)cc1. The number of unbranched alkanes of at least 4 members (excludes halogenated alkanes) is 4. The van der Waals surface area contributed by atoms with Gasteiger partial charge in [-0.1, -0.05) is 44.7 Å². The molecular weight excluding hydrogens is 250 g/mol. The molecule has 0 radical (unpaired) electrons. The number of nitrogens with one attached hydrogen (secondary N) is 1. The van der Waals surface area contributed by atoms with Crippen LogP contribution >= 0.6 is 0 Å². The van der Waals surface area contributed by atoms with Crippen LogP contribution in [0.3, 0.4) is 0 Å². The summed E-state index contributed by atoms with van der Waals surface area (Å²) in [6.45, 7) is 2.17. The van der Waals surface area contributed by atoms with Gasteiger partial charge in [0.25, 0.3) is 0 Å². The van der Waals surface area contributed by atoms with E-state index in [-0.39, 0.29) is 5.91 Å². The zero-order valence-electron chi connectivity index (χ0n) is 11.9. The highest BCUT2D eigenvalue weighted by Gasteiger charge is 1.98. The number of nitriles is 1. The quantitative estimate of drug-likeness (QED) is 0.447. The van der Waals surface area contributed by atoms with Gasteiger partial charge in [-0.25, -0.2) is 5.43 Å². The molecule has 0 bridgehead atoms. The summed E-state index contributed by atoms with van der Waals surface area (Å²) in [4.78, 5) is 11.5. The Balaban J connectivity index is 2.22. The molecule has 0 spiro atoms. The van der Waals surface area contributed by atoms with Gasteiger partial charge < -0.3 is 0 Å². The molecule has 4 nitrogen and oxygen atoms in total. The molecule has 0 unspecified atom stereocenters. The van der Waals surface area contributed by atoms with Gasteiger partial charge in [-0.2, -0.15) is 10.4 Å². The van der Waals surface area contributed by atoms with E-state index < -0.39 is 0 Å². The predicted octanol–water partition coefficient (Wildman–Crippen LogP) is 3.37. The summed E-state index contributed by atoms with van der Waals surface area (Å²) >= 11 is 0. The number of hydrazone groups is 1. The minimum Gasteiger partial charge on any atom is -0.273 e. The first-order valence-electron chi connectivity index (χ1n) is 7.08. The van der Waals surface area contributed by atoms with E-state index in [9.17, 15) is 4.79 Å². The molecule has 0 saturated heterocycles. The number of rotatable bonds is 8. The fourth-order valence-electron chi connectivity index (χ4n) is 1.77. The Kier molecular flexibility index (Phi) is 7.74. The third-order valence-electron chi connectivity index (χ3n) is 2.95. The van der Waals surface area contributed by atoms with E-state index in [1.807, 2.05) is 0 Å². The zero-order chi connectivity index (χ0) is 14.6. The molecular formula is C16H21N3O. The molecule has 106 valence electrons. The van der Waals surface area contributed by atoms with E-state index in [4.69, 9.17) is 5.26 Å². The monoisotopic (exact) mass is 271 g/mol. The summed E-state index contributed by atoms with van der Waals surface area (Å²) < 4.78 is 0. The molecule has 0 atom stereocenters. The van der Waals surface area contributed by atoms with Gasteiger partial charge in [-0.15, -0.1) is 0 Å². The molecule has 1 aromatic carbocycles. The lowest BCUT2D eigenvalue weighted by Crippen LogP contribution is -2.16. The van der Waals surface area contributed by atoms with Gasteiger partial charge in [0, 0.05) is 6.42 Å². The Bertz CT molecular complexity index is 471. The zero-order valence-corrected chi connectivity index (χ0v) is 11.9. The van der Waals surface area contributed by atoms with Crippen molar-refractivity contribution in [3.05, 3.63) is 35.4 Å². The van der Waals surface area contributed by atoms with Crippen molar-refractivity contribution in [3.8, 4) is 6.07 Å². The second-order valence-corrected chi connectivity index (χ2v) is 4.69. The Labute approximate surface area is 120 Å². The highest BCUT2D eigenvalue weighted by molar-refractivity contribution is 5.82. The highest BCUT2D eigenvalue weighted by atomic mass is 16.2. The standard InChI is InChI=1S/C16H21N3O/c1-2-3-4-5-6-7-16(20)19-18-13-15-10-8-14(12-17)9-11-15/h8-11,13H,2-7H2,1H3,(H,19,20)/b18-13+. The van der Waals surface area contributed by atoms with Crippen LogP contribution in [0.5, 0.6) is 0 Å². The van der Waals surface area contributed by atoms with Crippen LogP contribution in [0.4, 0.5) is 0 Å². The van der Waals surface area contributed by atoms with Crippen LogP contribution in [-0.4, -0.2) is 12.1 Å². The van der Waals surface area contributed by atoms with Crippen LogP contribution in [0, 0.1) is 11.3 Å². The number of carbonyl (C=O) groups excluding carboxylic acids is 1. The minimum absolute atomic E-state index is 0.0496. The number of hydrogen-bond donors (Lipinski definition) is 1. The average molecular weight is 271 g/mol. The summed E-state index contributed by atoms with van der Waals surface area (Å²) in [5, 5.41) is 12.6. The van der Waals surface area contributed by atoms with Crippen molar-refractivity contribution in [2.45, 2.75) is 45.4 Å². The molecule has 0 aliphatic carbocycles. The van der Waals surface area contributed by atoms with Crippen molar-refractivity contribution in [2.75, 3.05) is 0 Å². The number of amides is 1. The van der Waals surface area contributed by atoms with Gasteiger partial charge in [-0.3, -0.25) is 4.79 Å². The molecule has 0 fully saturated rings. The molecule has 1 N–H and O–H groups in total. The van der Waals surface area contributed by atoms with E-state index in [0.29, 0.717) is 12.0 Å². The van der Waals surface area contributed by atoms with E-state index >= 15 is 0 Å². The Hall–Kier alpha value is -2.15. The molecule has 20 heavy (non-hydrogen) atoms. The summed E-state index contributed by atoms with van der Waals surface area (Å²) in [5.41, 5.74) is 3.98. The predicted molar refractivity (Wildman–Crippen MR) is 80.3 cm³/mol. The minimum atomic E-state index is -0.0496. The van der Waals surface area contributed by atoms with Crippen LogP contribution in [0.1, 0.15) is 56.6 Å². The van der Waals surface area contributed by atoms with Gasteiger partial charge >= 0.3 is 0 Å². The van der Waals surface area contributed by atoms with Crippen LogP contribution in [0.15, 0.2) is 29.4 Å². The van der Waals surface area contributed by atoms with Gasteiger partial charge in [0.2, 0.25) is 5.91 Å². The van der Waals surface area contributed by atoms with Gasteiger partial charge in [0.1, 0.15) is 0 Å². The van der Waals surface area contributed by atoms with Crippen LogP contribution in [0.2, 0.25) is 0 Å². The second kappa shape index (κ2) is 9.74. The molecule has 1 aromatic rings. The molecule has 0 aliphatic heterocycles. The van der Waals surface area contributed by atoms with Crippen LogP contribution in [0.25, 0.3) is 0 Å². The van der Waals surface area contributed by atoms with Gasteiger partial charge in [0.05, 0.1) is 17.8 Å². The first-order valence-corrected chi connectivity index (χ1v) is 7.08. The Morgan fingerprint density at radius 1 is 1.25 bits per heavy atom. The molecule has 0 saturated carbocycles. The molecule has 0 heterocycles. The van der Waals surface area contributed by atoms with Gasteiger partial charge in [-0.05, 0) is 24.1 Å². The second-order valence-electron chi connectivity index (χ2n) is 4.69. The summed E-state index contributed by atoms with van der Waals surface area (Å²) in [6.07, 6.45) is 7.75. The topological polar surface area (TPSA) is 65.2 Å². The van der Waals surface area contributed by atoms with E-state index in [1.54, 1.807) is 30.5 Å². The van der Waals surface area contributed by atoms with Crippen molar-refractivity contribution >= 4 is 12.1 Å². The molecule has 0 aliphatic rings. The van der Waals surface area contributed by atoms with Crippen molar-refractivity contribution in [1.82, 2.24) is 5.43 Å². The number of carbonyl (C=O) groups is 1. The van der Waals surface area contributed by atoms with E-state index in [1.165, 1.54) is 19.3 Å². The van der Waals surface area contributed by atoms with E-state index in [0.717, 1.165) is 18.4 Å². The van der Waals surface area contributed by atoms with Crippen molar-refractivity contribution in [2.24, 2.45) is 5.10 Å². The van der Waals surface area contributed by atoms with Crippen molar-refractivity contribution < 1.29 is 4.79 Å². The largest absolute Gasteiger partial charge is 0.273 e. The van der Waals surface area contributed by atoms with Crippen molar-refractivity contribution in [1.29, 1.82) is 5.26 Å². The molecule has 1 rings (SSSR count). The first kappa shape index (κ1) is 15.9. The summed E-state index contributed by atoms with van der Waals surface area (Å²) in [7, 11) is 0. The Morgan fingerprint density at radius 3 is 2.60 bits per heavy atom. The van der Waals surface area contributed by atoms with Gasteiger partial charge in [0.15, 0.2) is 0 Å². The molecule has 4 heteroatoms. The lowest BCUT2D eigenvalue weighted by molar-refractivity contribution is -0.121. The van der Waals surface area contributed by atoms with Crippen LogP contribution < -0.4 is 5.43 Å². The molecule has 0 aromatic heterocycles. The normalized spacial score (nSPS) is 10.4. The summed E-state index contributed by atoms with van der Waals surface area (Å²) in [5.74, 6) is -0.0496. The lowest BCUT2D eigenvalue weighted by atomic mass is 10.1. The van der Waals surface area contributed by atoms with Crippen molar-refractivity contribution in [3.63, 3.8) is 0 Å². The first-order chi connectivity index (χ1) is 9.76. The third-order valence-corrected chi connectivity index (χ3v) is 2.95. The van der Waals surface area contributed by atoms with E-state index in [2.05, 4.69) is 23.5 Å². The number of hydrogen-bond acceptors (Lipinski definition) is 3. The maximum atomic E-state index is 11.5. The maximum Gasteiger partial charge on any atom is 0.240 e. The number of benzene rings is 1. The van der Waals surface area contributed by atoms with Crippen LogP contribution in [-0.2, 0) is 4.79 Å². The lowest BCUT2D eigenvalue weighted by Gasteiger charge is -2.00. The maximum absolute atomic E-state index is 11.5. The third kappa shape index (κ3) is 6.69.